The van der Waals surface area contributed by atoms with Crippen molar-refractivity contribution in [2.24, 2.45) is 5.14 Å². The van der Waals surface area contributed by atoms with Crippen LogP contribution in [0.2, 0.25) is 0 Å². The van der Waals surface area contributed by atoms with Crippen LogP contribution in [0, 0.1) is 0 Å². The molecule has 0 aromatic carbocycles. The van der Waals surface area contributed by atoms with Crippen LogP contribution in [0.3, 0.4) is 0 Å². The molecule has 7 heavy (non-hydrogen) atoms. The van der Waals surface area contributed by atoms with Crippen molar-refractivity contribution < 1.29 is 4.79 Å². The minimum absolute atomic E-state index is 0.0347. The lowest BCUT2D eigenvalue weighted by Gasteiger charge is -1.92. The van der Waals surface area contributed by atoms with Gasteiger partial charge in [-0.25, -0.2) is 0 Å². The van der Waals surface area contributed by atoms with Crippen LogP contribution in [0.15, 0.2) is 0 Å². The number of rotatable bonds is 2. The first-order valence-corrected chi connectivity index (χ1v) is 2.83. The molecule has 0 aliphatic rings. The fraction of sp³-hybridized carbons (Fsp3) is 0.667. The lowest BCUT2D eigenvalue weighted by molar-refractivity contribution is -0.118. The highest BCUT2D eigenvalue weighted by atomic mass is 32.2. The normalized spacial score (nSPS) is 8.29. The molecule has 0 bridgehead atoms. The third-order valence-electron chi connectivity index (χ3n) is 0.494. The van der Waals surface area contributed by atoms with E-state index in [-0.39, 0.29) is 5.91 Å². The van der Waals surface area contributed by atoms with Crippen molar-refractivity contribution >= 4 is 18.0 Å². The zero-order valence-corrected chi connectivity index (χ0v) is 4.92. The minimum Gasteiger partial charge on any atom is -0.287 e. The Kier molecular flexibility index (Phi) is 3.83. The Labute approximate surface area is 46.9 Å². The molecule has 0 radical (unpaired) electrons. The SMILES string of the molecule is CCC(=O)NSN. The van der Waals surface area contributed by atoms with Gasteiger partial charge in [0.05, 0.1) is 0 Å². The van der Waals surface area contributed by atoms with E-state index in [1.165, 1.54) is 0 Å². The van der Waals surface area contributed by atoms with Gasteiger partial charge in [-0.3, -0.25) is 14.7 Å². The van der Waals surface area contributed by atoms with E-state index >= 15 is 0 Å². The van der Waals surface area contributed by atoms with Gasteiger partial charge in [0, 0.05) is 18.6 Å². The molecule has 0 rings (SSSR count). The molecule has 0 saturated carbocycles. The summed E-state index contributed by atoms with van der Waals surface area (Å²) in [5, 5.41) is 4.89. The van der Waals surface area contributed by atoms with E-state index in [4.69, 9.17) is 5.14 Å². The van der Waals surface area contributed by atoms with Crippen molar-refractivity contribution in [3.05, 3.63) is 0 Å². The van der Waals surface area contributed by atoms with Crippen LogP contribution >= 0.6 is 12.1 Å². The minimum atomic E-state index is -0.0347. The van der Waals surface area contributed by atoms with Crippen molar-refractivity contribution in [3.8, 4) is 0 Å². The standard InChI is InChI=1S/C3H8N2OS/c1-2-3(6)5-7-4/h2,4H2,1H3,(H,5,6). The zero-order valence-electron chi connectivity index (χ0n) is 4.10. The fourth-order valence-corrected chi connectivity index (χ4v) is 0.414. The third-order valence-corrected chi connectivity index (χ3v) is 0.839. The summed E-state index contributed by atoms with van der Waals surface area (Å²) >= 11 is 0.835. The van der Waals surface area contributed by atoms with Gasteiger partial charge in [-0.1, -0.05) is 6.92 Å². The molecule has 0 spiro atoms. The van der Waals surface area contributed by atoms with Gasteiger partial charge >= 0.3 is 0 Å². The Morgan fingerprint density at radius 3 is 2.71 bits per heavy atom. The topological polar surface area (TPSA) is 55.1 Å². The van der Waals surface area contributed by atoms with Gasteiger partial charge in [-0.2, -0.15) is 0 Å². The molecule has 0 aliphatic carbocycles. The number of carbonyl (C=O) groups excluding carboxylic acids is 1. The molecular formula is C3H8N2OS. The quantitative estimate of drug-likeness (QED) is 0.506. The molecule has 42 valence electrons. The number of hydrogen-bond acceptors (Lipinski definition) is 3. The van der Waals surface area contributed by atoms with Crippen molar-refractivity contribution in [2.45, 2.75) is 13.3 Å². The van der Waals surface area contributed by atoms with Crippen molar-refractivity contribution in [1.29, 1.82) is 0 Å². The number of amides is 1. The molecule has 0 saturated heterocycles. The molecule has 0 aromatic heterocycles. The first-order chi connectivity index (χ1) is 3.31. The summed E-state index contributed by atoms with van der Waals surface area (Å²) in [4.78, 5) is 10.2. The second-order valence-electron chi connectivity index (χ2n) is 0.997. The summed E-state index contributed by atoms with van der Waals surface area (Å²) in [7, 11) is 0. The molecule has 3 nitrogen and oxygen atoms in total. The van der Waals surface area contributed by atoms with Gasteiger partial charge in [0.25, 0.3) is 0 Å². The van der Waals surface area contributed by atoms with E-state index in [0.717, 1.165) is 12.1 Å². The third kappa shape index (κ3) is 3.61. The van der Waals surface area contributed by atoms with Crippen molar-refractivity contribution in [1.82, 2.24) is 4.72 Å². The van der Waals surface area contributed by atoms with Crippen LogP contribution in [-0.4, -0.2) is 5.91 Å². The highest BCUT2D eigenvalue weighted by Crippen LogP contribution is 1.79. The Morgan fingerprint density at radius 2 is 2.57 bits per heavy atom. The maximum absolute atomic E-state index is 10.2. The Bertz CT molecular complexity index is 66.0. The molecule has 4 heteroatoms. The number of carbonyl (C=O) groups is 1. The summed E-state index contributed by atoms with van der Waals surface area (Å²) in [6.07, 6.45) is 0.490. The fourth-order valence-electron chi connectivity index (χ4n) is 0.138. The molecular weight excluding hydrogens is 112 g/mol. The monoisotopic (exact) mass is 120 g/mol. The summed E-state index contributed by atoms with van der Waals surface area (Å²) in [5.41, 5.74) is 0. The summed E-state index contributed by atoms with van der Waals surface area (Å²) in [6, 6.07) is 0. The maximum Gasteiger partial charge on any atom is 0.230 e. The Hall–Kier alpha value is -0.220. The smallest absolute Gasteiger partial charge is 0.230 e. The molecule has 0 fully saturated rings. The predicted molar refractivity (Wildman–Crippen MR) is 30.2 cm³/mol. The first kappa shape index (κ1) is 6.78. The summed E-state index contributed by atoms with van der Waals surface area (Å²) in [6.45, 7) is 1.77. The largest absolute Gasteiger partial charge is 0.287 e. The van der Waals surface area contributed by atoms with Crippen molar-refractivity contribution in [2.75, 3.05) is 0 Å². The molecule has 0 atom stereocenters. The van der Waals surface area contributed by atoms with Gasteiger partial charge < -0.3 is 0 Å². The van der Waals surface area contributed by atoms with Crippen LogP contribution in [0.1, 0.15) is 13.3 Å². The maximum atomic E-state index is 10.2. The summed E-state index contributed by atoms with van der Waals surface area (Å²) in [5.74, 6) is -0.0347. The van der Waals surface area contributed by atoms with Crippen LogP contribution < -0.4 is 9.86 Å². The van der Waals surface area contributed by atoms with Crippen molar-refractivity contribution in [3.63, 3.8) is 0 Å². The zero-order chi connectivity index (χ0) is 5.70. The van der Waals surface area contributed by atoms with Crippen LogP contribution in [-0.2, 0) is 4.79 Å². The molecule has 0 aromatic rings. The van der Waals surface area contributed by atoms with Crippen LogP contribution in [0.4, 0.5) is 0 Å². The lowest BCUT2D eigenvalue weighted by atomic mass is 10.5. The van der Waals surface area contributed by atoms with Gasteiger partial charge in [-0.15, -0.1) is 0 Å². The predicted octanol–water partition coefficient (Wildman–Crippen LogP) is 0.0345. The van der Waals surface area contributed by atoms with E-state index < -0.39 is 0 Å². The van der Waals surface area contributed by atoms with Gasteiger partial charge in [-0.05, 0) is 0 Å². The van der Waals surface area contributed by atoms with Crippen LogP contribution in [0.5, 0.6) is 0 Å². The van der Waals surface area contributed by atoms with E-state index in [1.54, 1.807) is 6.92 Å². The number of nitrogens with one attached hydrogen (secondary N) is 1. The van der Waals surface area contributed by atoms with E-state index in [9.17, 15) is 4.79 Å². The van der Waals surface area contributed by atoms with Gasteiger partial charge in [0.1, 0.15) is 0 Å². The van der Waals surface area contributed by atoms with E-state index in [1.807, 2.05) is 0 Å². The Morgan fingerprint density at radius 1 is 2.00 bits per heavy atom. The highest BCUT2D eigenvalue weighted by molar-refractivity contribution is 7.95. The van der Waals surface area contributed by atoms with Gasteiger partial charge in [0.2, 0.25) is 5.91 Å². The van der Waals surface area contributed by atoms with E-state index in [2.05, 4.69) is 4.72 Å². The summed E-state index contributed by atoms with van der Waals surface area (Å²) < 4.78 is 2.35. The van der Waals surface area contributed by atoms with Crippen LogP contribution in [0.25, 0.3) is 0 Å². The molecule has 1 amide bonds. The van der Waals surface area contributed by atoms with E-state index in [0.29, 0.717) is 6.42 Å². The molecule has 0 unspecified atom stereocenters. The second kappa shape index (κ2) is 3.95. The molecule has 0 aliphatic heterocycles. The average molecular weight is 120 g/mol. The highest BCUT2D eigenvalue weighted by Gasteiger charge is 1.89. The molecule has 3 N–H and O–H groups in total. The second-order valence-corrected chi connectivity index (χ2v) is 1.44. The van der Waals surface area contributed by atoms with Gasteiger partial charge in [0.15, 0.2) is 0 Å². The number of hydrogen-bond donors (Lipinski definition) is 2. The first-order valence-electron chi connectivity index (χ1n) is 1.95. The number of nitrogens with two attached hydrogens (primary N) is 1. The average Bonchev–Trinajstić information content (AvgIpc) is 1.68. The lowest BCUT2D eigenvalue weighted by Crippen LogP contribution is -2.15. The Balaban J connectivity index is 3.00. The molecule has 0 heterocycles.